The van der Waals surface area contributed by atoms with Crippen LogP contribution in [0.1, 0.15) is 11.8 Å². The minimum atomic E-state index is -3.40. The Kier molecular flexibility index (Phi) is 8.11. The van der Waals surface area contributed by atoms with Gasteiger partial charge < -0.3 is 15.4 Å². The highest BCUT2D eigenvalue weighted by Crippen LogP contribution is 2.23. The molecule has 0 amide bonds. The summed E-state index contributed by atoms with van der Waals surface area (Å²) in [5, 5.41) is 7.03. The maximum atomic E-state index is 12.1. The Balaban J connectivity index is 1.83. The summed E-state index contributed by atoms with van der Waals surface area (Å²) in [5.74, 6) is 1.35. The van der Waals surface area contributed by atoms with Gasteiger partial charge in [-0.1, -0.05) is 11.6 Å². The molecule has 10 heteroatoms. The summed E-state index contributed by atoms with van der Waals surface area (Å²) in [4.78, 5) is 5.07. The molecular weight excluding hydrogens is 420 g/mol. The highest BCUT2D eigenvalue weighted by atomic mass is 35.5. The third-order valence-electron chi connectivity index (χ3n) is 3.73. The number of thiophene rings is 1. The van der Waals surface area contributed by atoms with Gasteiger partial charge in [-0.05, 0) is 43.3 Å². The summed E-state index contributed by atoms with van der Waals surface area (Å²) in [7, 11) is 1.32. The maximum absolute atomic E-state index is 12.1. The summed E-state index contributed by atoms with van der Waals surface area (Å²) in [6.45, 7) is 2.97. The molecule has 1 heterocycles. The van der Waals surface area contributed by atoms with Crippen molar-refractivity contribution in [1.29, 1.82) is 0 Å². The van der Waals surface area contributed by atoms with Crippen LogP contribution in [-0.4, -0.2) is 52.5 Å². The smallest absolute Gasteiger partial charge is 0.252 e. The molecule has 7 nitrogen and oxygen atoms in total. The van der Waals surface area contributed by atoms with Crippen LogP contribution in [-0.2, 0) is 16.6 Å². The summed E-state index contributed by atoms with van der Waals surface area (Å²) < 4.78 is 31.6. The third kappa shape index (κ3) is 6.37. The molecule has 0 aliphatic rings. The Morgan fingerprint density at radius 2 is 1.89 bits per heavy atom. The first-order chi connectivity index (χ1) is 13.2. The van der Waals surface area contributed by atoms with Gasteiger partial charge in [0, 0.05) is 31.0 Å². The summed E-state index contributed by atoms with van der Waals surface area (Å²) in [6, 6.07) is 10.6. The summed E-state index contributed by atoms with van der Waals surface area (Å²) in [6.07, 6.45) is -0.0849. The minimum Gasteiger partial charge on any atom is -0.489 e. The van der Waals surface area contributed by atoms with Crippen LogP contribution >= 0.6 is 22.9 Å². The quantitative estimate of drug-likeness (QED) is 0.483. The van der Waals surface area contributed by atoms with Crippen molar-refractivity contribution in [2.24, 2.45) is 4.99 Å². The van der Waals surface area contributed by atoms with Gasteiger partial charge in [-0.3, -0.25) is 4.99 Å². The predicted octanol–water partition coefficient (Wildman–Crippen LogP) is 2.78. The monoisotopic (exact) mass is 444 g/mol. The second kappa shape index (κ2) is 10.1. The van der Waals surface area contributed by atoms with Crippen LogP contribution in [0.5, 0.6) is 5.75 Å². The lowest BCUT2D eigenvalue weighted by Crippen LogP contribution is -2.41. The van der Waals surface area contributed by atoms with Crippen LogP contribution in [0.15, 0.2) is 45.6 Å². The van der Waals surface area contributed by atoms with Gasteiger partial charge in [-0.2, -0.15) is 0 Å². The largest absolute Gasteiger partial charge is 0.489 e. The van der Waals surface area contributed by atoms with E-state index in [1.807, 2.05) is 19.1 Å². The number of hydrogen-bond donors (Lipinski definition) is 2. The molecule has 0 radical (unpaired) electrons. The van der Waals surface area contributed by atoms with Gasteiger partial charge in [0.05, 0.1) is 13.1 Å². The lowest BCUT2D eigenvalue weighted by atomic mass is 10.3. The highest BCUT2D eigenvalue weighted by Gasteiger charge is 2.19. The number of nitrogens with zero attached hydrogens (tertiary/aromatic N) is 2. The fraction of sp³-hybridized carbons (Fsp3) is 0.389. The Morgan fingerprint density at radius 1 is 1.21 bits per heavy atom. The fourth-order valence-electron chi connectivity index (χ4n) is 2.19. The maximum Gasteiger partial charge on any atom is 0.252 e. The molecule has 1 aromatic heterocycles. The summed E-state index contributed by atoms with van der Waals surface area (Å²) >= 11 is 7.11. The van der Waals surface area contributed by atoms with Crippen molar-refractivity contribution < 1.29 is 13.2 Å². The van der Waals surface area contributed by atoms with Crippen molar-refractivity contribution in [2.45, 2.75) is 23.8 Å². The van der Waals surface area contributed by atoms with E-state index in [1.165, 1.54) is 29.7 Å². The zero-order valence-corrected chi connectivity index (χ0v) is 18.7. The first kappa shape index (κ1) is 22.5. The van der Waals surface area contributed by atoms with Gasteiger partial charge >= 0.3 is 0 Å². The summed E-state index contributed by atoms with van der Waals surface area (Å²) in [5.41, 5.74) is 0. The van der Waals surface area contributed by atoms with E-state index in [0.717, 1.165) is 10.6 Å². The van der Waals surface area contributed by atoms with Crippen molar-refractivity contribution in [3.05, 3.63) is 46.3 Å². The van der Waals surface area contributed by atoms with Crippen LogP contribution in [0, 0.1) is 0 Å². The Hall–Kier alpha value is -1.81. The molecule has 0 saturated heterocycles. The van der Waals surface area contributed by atoms with Crippen molar-refractivity contribution in [3.63, 3.8) is 0 Å². The van der Waals surface area contributed by atoms with E-state index < -0.39 is 10.0 Å². The number of aliphatic imine (C=N–C) groups is 1. The van der Waals surface area contributed by atoms with Crippen molar-refractivity contribution >= 4 is 38.9 Å². The number of nitrogens with one attached hydrogen (secondary N) is 2. The molecule has 0 fully saturated rings. The number of halogens is 1. The minimum absolute atomic E-state index is 0.0849. The topological polar surface area (TPSA) is 83.0 Å². The van der Waals surface area contributed by atoms with Crippen molar-refractivity contribution in [1.82, 2.24) is 14.9 Å². The van der Waals surface area contributed by atoms with E-state index in [1.54, 1.807) is 31.3 Å². The lowest BCUT2D eigenvalue weighted by molar-refractivity contribution is 0.224. The van der Waals surface area contributed by atoms with Crippen LogP contribution in [0.3, 0.4) is 0 Å². The molecule has 0 saturated carbocycles. The molecule has 2 rings (SSSR count). The van der Waals surface area contributed by atoms with Crippen LogP contribution in [0.4, 0.5) is 0 Å². The predicted molar refractivity (Wildman–Crippen MR) is 115 cm³/mol. The lowest BCUT2D eigenvalue weighted by Gasteiger charge is -2.17. The van der Waals surface area contributed by atoms with Gasteiger partial charge in [0.15, 0.2) is 5.96 Å². The molecule has 1 atom stereocenters. The number of rotatable bonds is 8. The zero-order valence-electron chi connectivity index (χ0n) is 16.3. The number of ether oxygens (including phenoxy) is 1. The molecule has 154 valence electrons. The van der Waals surface area contributed by atoms with Crippen LogP contribution in [0.2, 0.25) is 5.02 Å². The van der Waals surface area contributed by atoms with Gasteiger partial charge in [-0.15, -0.1) is 11.3 Å². The molecule has 0 aliphatic carbocycles. The number of sulfonamides is 1. The van der Waals surface area contributed by atoms with Crippen LogP contribution < -0.4 is 15.4 Å². The first-order valence-electron chi connectivity index (χ1n) is 8.60. The highest BCUT2D eigenvalue weighted by molar-refractivity contribution is 7.91. The van der Waals surface area contributed by atoms with Crippen molar-refractivity contribution in [3.8, 4) is 5.75 Å². The van der Waals surface area contributed by atoms with E-state index in [-0.39, 0.29) is 6.10 Å². The van der Waals surface area contributed by atoms with Gasteiger partial charge in [-0.25, -0.2) is 12.7 Å². The second-order valence-electron chi connectivity index (χ2n) is 6.20. The average Bonchev–Trinajstić information content (AvgIpc) is 3.13. The molecule has 2 aromatic rings. The average molecular weight is 445 g/mol. The SMILES string of the molecule is CN=C(NCc1ccc(S(=O)(=O)N(C)C)s1)NCC(C)Oc1ccc(Cl)cc1. The Morgan fingerprint density at radius 3 is 2.50 bits per heavy atom. The third-order valence-corrected chi connectivity index (χ3v) is 7.35. The molecule has 0 bridgehead atoms. The number of guanidine groups is 1. The molecule has 0 spiro atoms. The molecular formula is C18H25ClN4O3S2. The van der Waals surface area contributed by atoms with Crippen molar-refractivity contribution in [2.75, 3.05) is 27.7 Å². The van der Waals surface area contributed by atoms with Crippen LogP contribution in [0.25, 0.3) is 0 Å². The van der Waals surface area contributed by atoms with Gasteiger partial charge in [0.1, 0.15) is 16.1 Å². The Bertz CT molecular complexity index is 896. The molecule has 28 heavy (non-hydrogen) atoms. The zero-order chi connectivity index (χ0) is 20.7. The molecule has 2 N–H and O–H groups in total. The van der Waals surface area contributed by atoms with E-state index in [2.05, 4.69) is 15.6 Å². The molecule has 1 unspecified atom stereocenters. The van der Waals surface area contributed by atoms with E-state index in [0.29, 0.717) is 28.3 Å². The van der Waals surface area contributed by atoms with E-state index in [4.69, 9.17) is 16.3 Å². The first-order valence-corrected chi connectivity index (χ1v) is 11.2. The van der Waals surface area contributed by atoms with E-state index in [9.17, 15) is 8.42 Å². The Labute approximate surface area is 175 Å². The second-order valence-corrected chi connectivity index (χ2v) is 10.2. The standard InChI is InChI=1S/C18H25ClN4O3S2/c1-13(26-15-7-5-14(19)6-8-15)11-21-18(20-2)22-12-16-9-10-17(27-16)28(24,25)23(3)4/h5-10,13H,11-12H2,1-4H3,(H2,20,21,22). The molecule has 0 aliphatic heterocycles. The van der Waals surface area contributed by atoms with Gasteiger partial charge in [0.25, 0.3) is 10.0 Å². The normalized spacial score (nSPS) is 13.4. The van der Waals surface area contributed by atoms with Gasteiger partial charge in [0.2, 0.25) is 0 Å². The number of hydrogen-bond acceptors (Lipinski definition) is 5. The van der Waals surface area contributed by atoms with E-state index >= 15 is 0 Å². The molecule has 1 aromatic carbocycles. The number of benzene rings is 1. The fourth-order valence-corrected chi connectivity index (χ4v) is 4.78.